The molecular weight excluding hydrogens is 214 g/mol. The molecular formula is C10H16ClN3O. The number of aryl methyl sites for hydroxylation is 1. The van der Waals surface area contributed by atoms with Gasteiger partial charge in [-0.15, -0.1) is 0 Å². The molecule has 0 fully saturated rings. The van der Waals surface area contributed by atoms with E-state index in [0.29, 0.717) is 30.2 Å². The van der Waals surface area contributed by atoms with Crippen molar-refractivity contribution < 1.29 is 4.79 Å². The van der Waals surface area contributed by atoms with Gasteiger partial charge in [0.2, 0.25) is 0 Å². The van der Waals surface area contributed by atoms with Crippen LogP contribution < -0.4 is 5.32 Å². The Morgan fingerprint density at radius 1 is 1.60 bits per heavy atom. The van der Waals surface area contributed by atoms with E-state index in [2.05, 4.69) is 10.4 Å². The van der Waals surface area contributed by atoms with Crippen molar-refractivity contribution >= 4 is 17.4 Å². The molecule has 0 aliphatic carbocycles. The van der Waals surface area contributed by atoms with Crippen molar-refractivity contribution in [3.8, 4) is 0 Å². The van der Waals surface area contributed by atoms with Crippen LogP contribution in [0, 0.1) is 0 Å². The van der Waals surface area contributed by atoms with Crippen LogP contribution in [0.4, 0.5) is 0 Å². The molecule has 5 heteroatoms. The summed E-state index contributed by atoms with van der Waals surface area (Å²) in [6.07, 6.45) is 1.98. The zero-order valence-corrected chi connectivity index (χ0v) is 9.84. The first-order valence-electron chi connectivity index (χ1n) is 5.15. The molecule has 0 spiro atoms. The van der Waals surface area contributed by atoms with Gasteiger partial charge in [0.1, 0.15) is 5.69 Å². The Labute approximate surface area is 94.6 Å². The highest BCUT2D eigenvalue weighted by atomic mass is 35.5. The molecule has 0 saturated heterocycles. The summed E-state index contributed by atoms with van der Waals surface area (Å²) in [6.45, 7) is 6.15. The van der Waals surface area contributed by atoms with E-state index in [1.54, 1.807) is 4.68 Å². The van der Waals surface area contributed by atoms with Gasteiger partial charge in [-0.2, -0.15) is 5.10 Å². The van der Waals surface area contributed by atoms with E-state index in [0.717, 1.165) is 6.54 Å². The van der Waals surface area contributed by atoms with Crippen LogP contribution in [0.3, 0.4) is 0 Å². The first kappa shape index (κ1) is 12.2. The summed E-state index contributed by atoms with van der Waals surface area (Å²) in [7, 11) is 0. The molecule has 0 aromatic carbocycles. The van der Waals surface area contributed by atoms with Crippen molar-refractivity contribution in [3.63, 3.8) is 0 Å². The fraction of sp³-hybridized carbons (Fsp3) is 0.600. The zero-order valence-electron chi connectivity index (χ0n) is 9.09. The maximum absolute atomic E-state index is 11.8. The SMILES string of the molecule is CCNCCC(=O)c1c(Cl)cnn1CC. The Kier molecular flexibility index (Phi) is 4.78. The summed E-state index contributed by atoms with van der Waals surface area (Å²) in [5.74, 6) is 0.0419. The highest BCUT2D eigenvalue weighted by Crippen LogP contribution is 2.16. The number of hydrogen-bond acceptors (Lipinski definition) is 3. The lowest BCUT2D eigenvalue weighted by molar-refractivity contribution is 0.0972. The third-order valence-corrected chi connectivity index (χ3v) is 2.41. The Morgan fingerprint density at radius 2 is 2.33 bits per heavy atom. The van der Waals surface area contributed by atoms with Gasteiger partial charge in [-0.1, -0.05) is 18.5 Å². The molecule has 1 aromatic heterocycles. The minimum absolute atomic E-state index is 0.0419. The summed E-state index contributed by atoms with van der Waals surface area (Å²) in [5.41, 5.74) is 0.525. The Hall–Kier alpha value is -0.870. The number of Topliss-reactive ketones (excluding diaryl/α,β-unsaturated/α-hetero) is 1. The van der Waals surface area contributed by atoms with Crippen LogP contribution in [0.15, 0.2) is 6.20 Å². The predicted molar refractivity (Wildman–Crippen MR) is 60.4 cm³/mol. The van der Waals surface area contributed by atoms with Crippen molar-refractivity contribution in [1.29, 1.82) is 0 Å². The fourth-order valence-electron chi connectivity index (χ4n) is 1.38. The van der Waals surface area contributed by atoms with Gasteiger partial charge >= 0.3 is 0 Å². The molecule has 0 aliphatic rings. The van der Waals surface area contributed by atoms with Crippen LogP contribution in [0.5, 0.6) is 0 Å². The number of carbonyl (C=O) groups is 1. The van der Waals surface area contributed by atoms with Crippen LogP contribution in [0.2, 0.25) is 5.02 Å². The van der Waals surface area contributed by atoms with Crippen molar-refractivity contribution in [2.24, 2.45) is 0 Å². The second kappa shape index (κ2) is 5.88. The van der Waals surface area contributed by atoms with Crippen LogP contribution in [0.1, 0.15) is 30.8 Å². The van der Waals surface area contributed by atoms with Crippen LogP contribution in [-0.2, 0) is 6.54 Å². The molecule has 84 valence electrons. The monoisotopic (exact) mass is 229 g/mol. The standard InChI is InChI=1S/C10H16ClN3O/c1-3-12-6-5-9(15)10-8(11)7-13-14(10)4-2/h7,12H,3-6H2,1-2H3. The van der Waals surface area contributed by atoms with E-state index in [4.69, 9.17) is 11.6 Å². The average Bonchev–Trinajstić information content (AvgIpc) is 2.59. The van der Waals surface area contributed by atoms with Crippen LogP contribution >= 0.6 is 11.6 Å². The van der Waals surface area contributed by atoms with Gasteiger partial charge in [0.15, 0.2) is 5.78 Å². The number of ketones is 1. The molecule has 0 saturated carbocycles. The van der Waals surface area contributed by atoms with E-state index < -0.39 is 0 Å². The third kappa shape index (κ3) is 3.04. The molecule has 0 amide bonds. The number of aromatic nitrogens is 2. The van der Waals surface area contributed by atoms with Gasteiger partial charge < -0.3 is 5.32 Å². The second-order valence-electron chi connectivity index (χ2n) is 3.18. The molecule has 1 heterocycles. The van der Waals surface area contributed by atoms with Crippen molar-refractivity contribution in [2.45, 2.75) is 26.8 Å². The second-order valence-corrected chi connectivity index (χ2v) is 3.59. The molecule has 0 bridgehead atoms. The Morgan fingerprint density at radius 3 is 2.93 bits per heavy atom. The summed E-state index contributed by atoms with van der Waals surface area (Å²) in [6, 6.07) is 0. The maximum Gasteiger partial charge on any atom is 0.183 e. The molecule has 15 heavy (non-hydrogen) atoms. The van der Waals surface area contributed by atoms with Gasteiger partial charge in [0.25, 0.3) is 0 Å². The molecule has 1 N–H and O–H groups in total. The third-order valence-electron chi connectivity index (χ3n) is 2.14. The average molecular weight is 230 g/mol. The lowest BCUT2D eigenvalue weighted by Gasteiger charge is -2.04. The van der Waals surface area contributed by atoms with Gasteiger partial charge in [-0.05, 0) is 13.5 Å². The molecule has 4 nitrogen and oxygen atoms in total. The zero-order chi connectivity index (χ0) is 11.3. The van der Waals surface area contributed by atoms with Crippen LogP contribution in [0.25, 0.3) is 0 Å². The highest BCUT2D eigenvalue weighted by Gasteiger charge is 2.15. The molecule has 1 rings (SSSR count). The van der Waals surface area contributed by atoms with E-state index in [1.807, 2.05) is 13.8 Å². The minimum Gasteiger partial charge on any atom is -0.317 e. The van der Waals surface area contributed by atoms with Gasteiger partial charge in [-0.3, -0.25) is 9.48 Å². The van der Waals surface area contributed by atoms with E-state index in [1.165, 1.54) is 6.20 Å². The number of hydrogen-bond donors (Lipinski definition) is 1. The fourth-order valence-corrected chi connectivity index (χ4v) is 1.62. The molecule has 0 aliphatic heterocycles. The largest absolute Gasteiger partial charge is 0.317 e. The quantitative estimate of drug-likeness (QED) is 0.597. The highest BCUT2D eigenvalue weighted by molar-refractivity contribution is 6.33. The van der Waals surface area contributed by atoms with E-state index in [9.17, 15) is 4.79 Å². The molecule has 0 radical (unpaired) electrons. The van der Waals surface area contributed by atoms with Gasteiger partial charge in [-0.25, -0.2) is 0 Å². The van der Waals surface area contributed by atoms with E-state index >= 15 is 0 Å². The number of nitrogens with one attached hydrogen (secondary N) is 1. The number of nitrogens with zero attached hydrogens (tertiary/aromatic N) is 2. The lowest BCUT2D eigenvalue weighted by atomic mass is 10.2. The number of carbonyl (C=O) groups excluding carboxylic acids is 1. The topological polar surface area (TPSA) is 46.9 Å². The first-order chi connectivity index (χ1) is 7.20. The summed E-state index contributed by atoms with van der Waals surface area (Å²) in [4.78, 5) is 11.8. The molecule has 0 unspecified atom stereocenters. The molecule has 0 atom stereocenters. The van der Waals surface area contributed by atoms with Crippen molar-refractivity contribution in [2.75, 3.05) is 13.1 Å². The van der Waals surface area contributed by atoms with Crippen molar-refractivity contribution in [1.82, 2.24) is 15.1 Å². The maximum atomic E-state index is 11.8. The van der Waals surface area contributed by atoms with Gasteiger partial charge in [0, 0.05) is 19.5 Å². The Balaban J connectivity index is 2.67. The Bertz CT molecular complexity index is 335. The van der Waals surface area contributed by atoms with E-state index in [-0.39, 0.29) is 5.78 Å². The first-order valence-corrected chi connectivity index (χ1v) is 5.53. The lowest BCUT2D eigenvalue weighted by Crippen LogP contribution is -2.19. The summed E-state index contributed by atoms with van der Waals surface area (Å²) >= 11 is 5.91. The normalized spacial score (nSPS) is 10.6. The van der Waals surface area contributed by atoms with Gasteiger partial charge in [0.05, 0.1) is 11.2 Å². The smallest absolute Gasteiger partial charge is 0.183 e. The predicted octanol–water partition coefficient (Wildman–Crippen LogP) is 1.74. The summed E-state index contributed by atoms with van der Waals surface area (Å²) < 4.78 is 1.64. The van der Waals surface area contributed by atoms with Crippen molar-refractivity contribution in [3.05, 3.63) is 16.9 Å². The van der Waals surface area contributed by atoms with Crippen LogP contribution in [-0.4, -0.2) is 28.7 Å². The minimum atomic E-state index is 0.0419. The molecule has 1 aromatic rings. The number of rotatable bonds is 6. The summed E-state index contributed by atoms with van der Waals surface area (Å²) in [5, 5.41) is 7.57. The number of halogens is 1.